The average Bonchev–Trinajstić information content (AvgIpc) is 1.82. The van der Waals surface area contributed by atoms with Crippen molar-refractivity contribution in [1.82, 2.24) is 0 Å². The van der Waals surface area contributed by atoms with E-state index in [0.717, 1.165) is 0 Å². The van der Waals surface area contributed by atoms with E-state index in [1.807, 2.05) is 41.5 Å². The summed E-state index contributed by atoms with van der Waals surface area (Å²) in [5.41, 5.74) is -0.613. The maximum atomic E-state index is 9.60. The van der Waals surface area contributed by atoms with Gasteiger partial charge >= 0.3 is 5.78 Å². The monoisotopic (exact) mass is 275 g/mol. The van der Waals surface area contributed by atoms with Gasteiger partial charge in [-0.05, 0) is 20.8 Å². The van der Waals surface area contributed by atoms with Crippen LogP contribution in [0.3, 0.4) is 0 Å². The number of hydrogen-bond donors (Lipinski definition) is 1. The van der Waals surface area contributed by atoms with Crippen LogP contribution in [-0.2, 0) is 26.2 Å². The molecule has 0 aliphatic carbocycles. The Kier molecular flexibility index (Phi) is 6.20. The number of aliphatic hydroxyl groups excluding tert-OH is 1. The molecule has 2 N–H and O–H groups in total. The largest absolute Gasteiger partial charge is 0.511 e. The fourth-order valence-corrected chi connectivity index (χ4v) is 0.563. The molecule has 0 heterocycles. The molecule has 0 saturated carbocycles. The molecule has 0 atom stereocenters. The second-order valence-corrected chi connectivity index (χ2v) is 5.41. The summed E-state index contributed by atoms with van der Waals surface area (Å²) in [6, 6.07) is 0. The fraction of sp³-hybridized carbons (Fsp3) is 0.727. The fourth-order valence-electron chi connectivity index (χ4n) is 0.563. The van der Waals surface area contributed by atoms with Gasteiger partial charge in [0, 0.05) is 31.6 Å². The number of aliphatic hydroxyl groups is 1. The molecular formula is C11H21O2Zr+. The van der Waals surface area contributed by atoms with Gasteiger partial charge in [-0.25, -0.2) is 0 Å². The van der Waals surface area contributed by atoms with Crippen LogP contribution in [0.4, 0.5) is 0 Å². The van der Waals surface area contributed by atoms with Gasteiger partial charge in [0.25, 0.3) is 0 Å². The minimum Gasteiger partial charge on any atom is -0.511 e. The first-order chi connectivity index (χ1) is 5.55. The molecule has 3 heteroatoms. The molecule has 80 valence electrons. The molecule has 0 aliphatic rings. The van der Waals surface area contributed by atoms with Crippen LogP contribution >= 0.6 is 0 Å². The molecule has 0 spiro atoms. The normalized spacial score (nSPS) is 13.4. The van der Waals surface area contributed by atoms with Gasteiger partial charge in [0.15, 0.2) is 0 Å². The van der Waals surface area contributed by atoms with Crippen LogP contribution < -0.4 is 0 Å². The Bertz CT molecular complexity index is 229. The third-order valence-corrected chi connectivity index (χ3v) is 1.81. The van der Waals surface area contributed by atoms with Gasteiger partial charge in [-0.1, -0.05) is 20.8 Å². The summed E-state index contributed by atoms with van der Waals surface area (Å²) in [7, 11) is 0. The van der Waals surface area contributed by atoms with Crippen LogP contribution in [0.25, 0.3) is 0 Å². The first-order valence-electron chi connectivity index (χ1n) is 4.52. The number of allylic oxidation sites excluding steroid dienone is 2. The van der Waals surface area contributed by atoms with Crippen molar-refractivity contribution >= 4 is 5.78 Å². The quantitative estimate of drug-likeness (QED) is 0.446. The average molecular weight is 277 g/mol. The van der Waals surface area contributed by atoms with Gasteiger partial charge in [0.1, 0.15) is 5.76 Å². The molecule has 0 radical (unpaired) electrons. The summed E-state index contributed by atoms with van der Waals surface area (Å²) in [6.07, 6.45) is 1.44. The molecule has 0 aliphatic heterocycles. The second-order valence-electron chi connectivity index (χ2n) is 5.41. The minimum atomic E-state index is -0.306. The molecular weight excluding hydrogens is 255 g/mol. The Morgan fingerprint density at radius 1 is 1.00 bits per heavy atom. The molecule has 0 amide bonds. The Morgan fingerprint density at radius 2 is 1.36 bits per heavy atom. The maximum absolute atomic E-state index is 9.60. The topological polar surface area (TPSA) is 41.6 Å². The summed E-state index contributed by atoms with van der Waals surface area (Å²) in [5, 5.41) is 9.60. The van der Waals surface area contributed by atoms with Crippen LogP contribution in [0, 0.1) is 10.8 Å². The van der Waals surface area contributed by atoms with Crippen LogP contribution in [0.5, 0.6) is 0 Å². The predicted molar refractivity (Wildman–Crippen MR) is 56.6 cm³/mol. The van der Waals surface area contributed by atoms with Crippen LogP contribution in [0.1, 0.15) is 41.5 Å². The van der Waals surface area contributed by atoms with E-state index >= 15 is 0 Å². The first-order valence-corrected chi connectivity index (χ1v) is 4.52. The van der Waals surface area contributed by atoms with Gasteiger partial charge in [-0.2, -0.15) is 0 Å². The van der Waals surface area contributed by atoms with Crippen molar-refractivity contribution < 1.29 is 36.1 Å². The van der Waals surface area contributed by atoms with Gasteiger partial charge in [0.05, 0.1) is 11.5 Å². The van der Waals surface area contributed by atoms with Crippen molar-refractivity contribution in [3.63, 3.8) is 0 Å². The van der Waals surface area contributed by atoms with Crippen molar-refractivity contribution in [3.05, 3.63) is 11.8 Å². The van der Waals surface area contributed by atoms with Crippen molar-refractivity contribution in [3.8, 4) is 0 Å². The smallest absolute Gasteiger partial charge is 0.325 e. The summed E-state index contributed by atoms with van der Waals surface area (Å²) in [5.74, 6) is 0.417. The number of carbonyl (C=O) groups excluding carboxylic acids is 1. The van der Waals surface area contributed by atoms with Gasteiger partial charge in [-0.15, -0.1) is 0 Å². The van der Waals surface area contributed by atoms with Crippen molar-refractivity contribution in [2.24, 2.45) is 10.8 Å². The minimum absolute atomic E-state index is 0. The van der Waals surface area contributed by atoms with Crippen molar-refractivity contribution in [1.29, 1.82) is 0 Å². The van der Waals surface area contributed by atoms with Crippen LogP contribution in [0.15, 0.2) is 11.8 Å². The van der Waals surface area contributed by atoms with Gasteiger partial charge in [0.2, 0.25) is 0 Å². The maximum Gasteiger partial charge on any atom is 0.325 e. The van der Waals surface area contributed by atoms with Crippen LogP contribution in [-0.4, -0.2) is 15.7 Å². The third-order valence-electron chi connectivity index (χ3n) is 1.81. The summed E-state index contributed by atoms with van der Waals surface area (Å²) < 4.78 is 0. The standard InChI is InChI=1S/C11H20O2.Zr/c1-10(2,3)8(12)7-9(13)11(4,5)6;/h7,12H,1-6H3;/p+1/b8-7-;. The molecule has 0 rings (SSSR count). The van der Waals surface area contributed by atoms with Crippen LogP contribution in [0.2, 0.25) is 0 Å². The summed E-state index contributed by atoms with van der Waals surface area (Å²) in [6.45, 7) is 11.4. The first kappa shape index (κ1) is 16.5. The van der Waals surface area contributed by atoms with Crippen molar-refractivity contribution in [2.75, 3.05) is 0 Å². The molecule has 0 unspecified atom stereocenters. The van der Waals surface area contributed by atoms with E-state index in [9.17, 15) is 9.90 Å². The summed E-state index contributed by atoms with van der Waals surface area (Å²) in [4.78, 5) is 9.60. The SMILES string of the molecule is CC(C)(C)C(=[OH+])/C=C(\O)C(C)(C)C.[Zr]. The van der Waals surface area contributed by atoms with E-state index in [1.165, 1.54) is 6.08 Å². The Morgan fingerprint density at radius 3 is 1.57 bits per heavy atom. The molecule has 0 aromatic heterocycles. The third kappa shape index (κ3) is 5.75. The van der Waals surface area contributed by atoms with Gasteiger partial charge in [-0.3, -0.25) is 4.79 Å². The molecule has 2 nitrogen and oxygen atoms in total. The number of hydrogen-bond acceptors (Lipinski definition) is 1. The molecule has 0 aromatic carbocycles. The van der Waals surface area contributed by atoms with E-state index in [4.69, 9.17) is 0 Å². The zero-order valence-corrected chi connectivity index (χ0v) is 12.4. The van der Waals surface area contributed by atoms with Gasteiger partial charge < -0.3 is 5.11 Å². The van der Waals surface area contributed by atoms with E-state index in [-0.39, 0.29) is 48.6 Å². The molecule has 0 saturated heterocycles. The Labute approximate surface area is 106 Å². The predicted octanol–water partition coefficient (Wildman–Crippen LogP) is 3.06. The summed E-state index contributed by atoms with van der Waals surface area (Å²) >= 11 is 0. The van der Waals surface area contributed by atoms with Crippen molar-refractivity contribution in [2.45, 2.75) is 41.5 Å². The number of rotatable bonds is 1. The van der Waals surface area contributed by atoms with E-state index in [0.29, 0.717) is 0 Å². The second kappa shape index (κ2) is 5.25. The molecule has 14 heavy (non-hydrogen) atoms. The Hall–Kier alpha value is 0.0931. The molecule has 0 bridgehead atoms. The zero-order chi connectivity index (χ0) is 10.9. The Balaban J connectivity index is 0. The zero-order valence-electron chi connectivity index (χ0n) is 9.97. The number of ketones is 1. The molecule has 0 fully saturated rings. The van der Waals surface area contributed by atoms with E-state index in [2.05, 4.69) is 0 Å². The van der Waals surface area contributed by atoms with E-state index in [1.54, 1.807) is 0 Å². The van der Waals surface area contributed by atoms with E-state index < -0.39 is 0 Å². The molecule has 0 aromatic rings.